The minimum atomic E-state index is -0.376. The standard InChI is InChI=1S/C11H14N2O3S/c1-15-11(14)8-6-4-3-5-7(13-16-2)9(6)17-10(8)12/h3-5,12H2,1-2H3. The van der Waals surface area contributed by atoms with Gasteiger partial charge in [0, 0.05) is 0 Å². The molecule has 0 amide bonds. The summed E-state index contributed by atoms with van der Waals surface area (Å²) in [6.45, 7) is 0. The lowest BCUT2D eigenvalue weighted by molar-refractivity contribution is 0.0601. The summed E-state index contributed by atoms with van der Waals surface area (Å²) in [5.41, 5.74) is 8.18. The zero-order valence-electron chi connectivity index (χ0n) is 9.78. The van der Waals surface area contributed by atoms with E-state index in [2.05, 4.69) is 5.16 Å². The molecule has 1 aromatic rings. The van der Waals surface area contributed by atoms with Gasteiger partial charge >= 0.3 is 5.97 Å². The van der Waals surface area contributed by atoms with Crippen LogP contribution in [0.3, 0.4) is 0 Å². The van der Waals surface area contributed by atoms with E-state index in [9.17, 15) is 4.79 Å². The maximum absolute atomic E-state index is 11.7. The van der Waals surface area contributed by atoms with Gasteiger partial charge in [-0.05, 0) is 24.8 Å². The zero-order chi connectivity index (χ0) is 12.4. The molecule has 6 heteroatoms. The first-order valence-electron chi connectivity index (χ1n) is 5.28. The second-order valence-corrected chi connectivity index (χ2v) is 4.77. The van der Waals surface area contributed by atoms with Crippen LogP contribution < -0.4 is 5.73 Å². The lowest BCUT2D eigenvalue weighted by Gasteiger charge is -2.13. The third-order valence-electron chi connectivity index (χ3n) is 2.73. The van der Waals surface area contributed by atoms with Gasteiger partial charge in [0.05, 0.1) is 23.3 Å². The van der Waals surface area contributed by atoms with Crippen molar-refractivity contribution in [3.05, 3.63) is 16.0 Å². The van der Waals surface area contributed by atoms with Crippen LogP contribution in [0.15, 0.2) is 5.16 Å². The Morgan fingerprint density at radius 2 is 2.18 bits per heavy atom. The molecule has 0 fully saturated rings. The maximum Gasteiger partial charge on any atom is 0.341 e. The van der Waals surface area contributed by atoms with Gasteiger partial charge in [-0.1, -0.05) is 5.16 Å². The number of thiophene rings is 1. The zero-order valence-corrected chi connectivity index (χ0v) is 10.6. The van der Waals surface area contributed by atoms with Gasteiger partial charge in [-0.2, -0.15) is 0 Å². The largest absolute Gasteiger partial charge is 0.465 e. The quantitative estimate of drug-likeness (QED) is 0.645. The number of methoxy groups -OCH3 is 1. The summed E-state index contributed by atoms with van der Waals surface area (Å²) in [6, 6.07) is 0. The third kappa shape index (κ3) is 2.00. The number of hydrogen-bond donors (Lipinski definition) is 1. The topological polar surface area (TPSA) is 73.9 Å². The molecule has 0 saturated heterocycles. The molecule has 17 heavy (non-hydrogen) atoms. The minimum Gasteiger partial charge on any atom is -0.465 e. The third-order valence-corrected chi connectivity index (χ3v) is 3.84. The van der Waals surface area contributed by atoms with E-state index < -0.39 is 0 Å². The molecule has 0 aromatic carbocycles. The fourth-order valence-corrected chi connectivity index (χ4v) is 3.14. The van der Waals surface area contributed by atoms with Crippen molar-refractivity contribution < 1.29 is 14.4 Å². The number of anilines is 1. The molecule has 2 rings (SSSR count). The molecule has 0 saturated carbocycles. The van der Waals surface area contributed by atoms with Crippen LogP contribution in [0.4, 0.5) is 5.00 Å². The van der Waals surface area contributed by atoms with Gasteiger partial charge in [0.25, 0.3) is 0 Å². The first-order valence-corrected chi connectivity index (χ1v) is 6.10. The predicted molar refractivity (Wildman–Crippen MR) is 66.6 cm³/mol. The van der Waals surface area contributed by atoms with E-state index in [0.29, 0.717) is 10.6 Å². The molecule has 1 aliphatic carbocycles. The van der Waals surface area contributed by atoms with Crippen molar-refractivity contribution in [3.8, 4) is 0 Å². The number of nitrogen functional groups attached to an aromatic ring is 1. The van der Waals surface area contributed by atoms with Crippen molar-refractivity contribution in [2.45, 2.75) is 19.3 Å². The van der Waals surface area contributed by atoms with Crippen molar-refractivity contribution in [3.63, 3.8) is 0 Å². The van der Waals surface area contributed by atoms with E-state index in [0.717, 1.165) is 35.4 Å². The number of carbonyl (C=O) groups excluding carboxylic acids is 1. The molecule has 0 radical (unpaired) electrons. The first-order chi connectivity index (χ1) is 8.19. The SMILES string of the molecule is CON=C1CCCc2c1sc(N)c2C(=O)OC. The van der Waals surface area contributed by atoms with Crippen LogP contribution in [0, 0.1) is 0 Å². The summed E-state index contributed by atoms with van der Waals surface area (Å²) in [7, 11) is 2.87. The number of fused-ring (bicyclic) bond motifs is 1. The Hall–Kier alpha value is -1.56. The Labute approximate surface area is 103 Å². The lowest BCUT2D eigenvalue weighted by atomic mass is 9.94. The monoisotopic (exact) mass is 254 g/mol. The van der Waals surface area contributed by atoms with E-state index >= 15 is 0 Å². The normalized spacial score (nSPS) is 16.7. The average Bonchev–Trinajstić information content (AvgIpc) is 2.66. The van der Waals surface area contributed by atoms with Gasteiger partial charge < -0.3 is 15.3 Å². The van der Waals surface area contributed by atoms with Gasteiger partial charge in [-0.25, -0.2) is 4.79 Å². The van der Waals surface area contributed by atoms with Gasteiger partial charge in [-0.3, -0.25) is 0 Å². The van der Waals surface area contributed by atoms with E-state index in [1.807, 2.05) is 0 Å². The maximum atomic E-state index is 11.7. The van der Waals surface area contributed by atoms with Crippen LogP contribution >= 0.6 is 11.3 Å². The van der Waals surface area contributed by atoms with Gasteiger partial charge in [0.2, 0.25) is 0 Å². The fraction of sp³-hybridized carbons (Fsp3) is 0.455. The number of oxime groups is 1. The molecule has 5 nitrogen and oxygen atoms in total. The lowest BCUT2D eigenvalue weighted by Crippen LogP contribution is -2.13. The van der Waals surface area contributed by atoms with Crippen molar-refractivity contribution >= 4 is 28.0 Å². The van der Waals surface area contributed by atoms with Gasteiger partial charge in [0.1, 0.15) is 12.1 Å². The highest BCUT2D eigenvalue weighted by molar-refractivity contribution is 7.18. The highest BCUT2D eigenvalue weighted by Crippen LogP contribution is 2.36. The summed E-state index contributed by atoms with van der Waals surface area (Å²) >= 11 is 1.37. The summed E-state index contributed by atoms with van der Waals surface area (Å²) < 4.78 is 4.75. The van der Waals surface area contributed by atoms with Crippen molar-refractivity contribution in [1.29, 1.82) is 0 Å². The van der Waals surface area contributed by atoms with Crippen LogP contribution in [0.5, 0.6) is 0 Å². The van der Waals surface area contributed by atoms with Crippen LogP contribution in [0.1, 0.15) is 33.6 Å². The first kappa shape index (κ1) is 11.9. The molecular formula is C11H14N2O3S. The molecular weight excluding hydrogens is 240 g/mol. The van der Waals surface area contributed by atoms with E-state index in [1.54, 1.807) is 0 Å². The van der Waals surface area contributed by atoms with E-state index in [1.165, 1.54) is 25.6 Å². The molecule has 0 unspecified atom stereocenters. The number of nitrogens with zero attached hydrogens (tertiary/aromatic N) is 1. The molecule has 1 aromatic heterocycles. The predicted octanol–water partition coefficient (Wildman–Crippen LogP) is 1.80. The fourth-order valence-electron chi connectivity index (χ4n) is 2.03. The highest BCUT2D eigenvalue weighted by atomic mass is 32.1. The summed E-state index contributed by atoms with van der Waals surface area (Å²) in [5, 5.41) is 4.48. The van der Waals surface area contributed by atoms with Gasteiger partial charge in [0.15, 0.2) is 0 Å². The Bertz CT molecular complexity index is 479. The molecule has 1 heterocycles. The van der Waals surface area contributed by atoms with Crippen LogP contribution in [-0.2, 0) is 16.0 Å². The van der Waals surface area contributed by atoms with Crippen molar-refractivity contribution in [2.24, 2.45) is 5.16 Å². The minimum absolute atomic E-state index is 0.376. The molecule has 0 bridgehead atoms. The average molecular weight is 254 g/mol. The second kappa shape index (κ2) is 4.75. The number of nitrogens with two attached hydrogens (primary N) is 1. The van der Waals surface area contributed by atoms with E-state index in [-0.39, 0.29) is 5.97 Å². The number of esters is 1. The number of rotatable bonds is 2. The van der Waals surface area contributed by atoms with Crippen molar-refractivity contribution in [1.82, 2.24) is 0 Å². The van der Waals surface area contributed by atoms with Crippen LogP contribution in [0.25, 0.3) is 0 Å². The Kier molecular flexibility index (Phi) is 3.33. The van der Waals surface area contributed by atoms with Crippen LogP contribution in [-0.4, -0.2) is 25.9 Å². The highest BCUT2D eigenvalue weighted by Gasteiger charge is 2.28. The van der Waals surface area contributed by atoms with Crippen LogP contribution in [0.2, 0.25) is 0 Å². The molecule has 0 aliphatic heterocycles. The number of carbonyl (C=O) groups is 1. The summed E-state index contributed by atoms with van der Waals surface area (Å²) in [5.74, 6) is -0.376. The Morgan fingerprint density at radius 3 is 2.82 bits per heavy atom. The Balaban J connectivity index is 2.53. The molecule has 0 spiro atoms. The van der Waals surface area contributed by atoms with E-state index in [4.69, 9.17) is 15.3 Å². The van der Waals surface area contributed by atoms with Gasteiger partial charge in [-0.15, -0.1) is 11.3 Å². The summed E-state index contributed by atoms with van der Waals surface area (Å²) in [4.78, 5) is 17.4. The summed E-state index contributed by atoms with van der Waals surface area (Å²) in [6.07, 6.45) is 2.62. The number of hydrogen-bond acceptors (Lipinski definition) is 6. The molecule has 0 atom stereocenters. The molecule has 1 aliphatic rings. The molecule has 2 N–H and O–H groups in total. The Morgan fingerprint density at radius 1 is 1.41 bits per heavy atom. The van der Waals surface area contributed by atoms with Crippen molar-refractivity contribution in [2.75, 3.05) is 20.0 Å². The second-order valence-electron chi connectivity index (χ2n) is 3.71. The smallest absolute Gasteiger partial charge is 0.341 e. The number of ether oxygens (including phenoxy) is 1. The molecule has 92 valence electrons.